The SMILES string of the molecule is CC1(C)c2ccccc2-c2ccc(-c3ccc(-c4cc5cc6ccccc6cn5n4)cc3)cc21. The second-order valence-electron chi connectivity index (χ2n) is 9.81. The smallest absolute Gasteiger partial charge is 0.0933 e. The van der Waals surface area contributed by atoms with Crippen molar-refractivity contribution in [3.8, 4) is 33.5 Å². The van der Waals surface area contributed by atoms with E-state index in [2.05, 4.69) is 123 Å². The van der Waals surface area contributed by atoms with Crippen LogP contribution < -0.4 is 0 Å². The molecule has 2 aromatic heterocycles. The molecule has 0 radical (unpaired) electrons. The molecule has 0 amide bonds. The molecule has 1 aliphatic carbocycles. The number of benzene rings is 4. The molecule has 0 saturated heterocycles. The van der Waals surface area contributed by atoms with Crippen molar-refractivity contribution in [3.63, 3.8) is 0 Å². The average Bonchev–Trinajstić information content (AvgIpc) is 3.39. The summed E-state index contributed by atoms with van der Waals surface area (Å²) in [6.07, 6.45) is 2.10. The first-order valence-corrected chi connectivity index (χ1v) is 11.8. The first-order chi connectivity index (χ1) is 16.6. The van der Waals surface area contributed by atoms with E-state index < -0.39 is 0 Å². The lowest BCUT2D eigenvalue weighted by atomic mass is 9.81. The van der Waals surface area contributed by atoms with Crippen LogP contribution in [0.1, 0.15) is 25.0 Å². The van der Waals surface area contributed by atoms with E-state index in [-0.39, 0.29) is 5.41 Å². The Labute approximate surface area is 199 Å². The second-order valence-corrected chi connectivity index (χ2v) is 9.81. The summed E-state index contributed by atoms with van der Waals surface area (Å²) < 4.78 is 1.98. The van der Waals surface area contributed by atoms with Gasteiger partial charge in [-0.1, -0.05) is 98.8 Å². The van der Waals surface area contributed by atoms with Crippen molar-refractivity contribution < 1.29 is 0 Å². The van der Waals surface area contributed by atoms with Gasteiger partial charge in [0.2, 0.25) is 0 Å². The van der Waals surface area contributed by atoms with Crippen molar-refractivity contribution in [2.75, 3.05) is 0 Å². The molecule has 0 bridgehead atoms. The molecule has 2 nitrogen and oxygen atoms in total. The molecule has 0 fully saturated rings. The second kappa shape index (κ2) is 6.91. The Bertz CT molecular complexity index is 1670. The Kier molecular flexibility index (Phi) is 3.93. The van der Waals surface area contributed by atoms with E-state index in [9.17, 15) is 0 Å². The number of rotatable bonds is 2. The van der Waals surface area contributed by atoms with Crippen molar-refractivity contribution in [1.29, 1.82) is 0 Å². The molecule has 1 aliphatic rings. The fraction of sp³-hybridized carbons (Fsp3) is 0.0938. The van der Waals surface area contributed by atoms with Gasteiger partial charge in [0, 0.05) is 22.6 Å². The van der Waals surface area contributed by atoms with E-state index in [0.717, 1.165) is 16.8 Å². The Morgan fingerprint density at radius 3 is 2.12 bits per heavy atom. The number of aromatic nitrogens is 2. The third kappa shape index (κ3) is 2.78. The van der Waals surface area contributed by atoms with Crippen LogP contribution in [0.15, 0.2) is 109 Å². The lowest BCUT2D eigenvalue weighted by molar-refractivity contribution is 0.660. The van der Waals surface area contributed by atoms with Crippen LogP contribution in [0.25, 0.3) is 49.8 Å². The van der Waals surface area contributed by atoms with Gasteiger partial charge in [-0.25, -0.2) is 4.52 Å². The number of hydrogen-bond donors (Lipinski definition) is 0. The molecule has 2 heteroatoms. The van der Waals surface area contributed by atoms with Gasteiger partial charge in [0.25, 0.3) is 0 Å². The summed E-state index contributed by atoms with van der Waals surface area (Å²) >= 11 is 0. The largest absolute Gasteiger partial charge is 0.240 e. The molecule has 0 unspecified atom stereocenters. The minimum Gasteiger partial charge on any atom is -0.240 e. The maximum absolute atomic E-state index is 4.84. The molecule has 7 rings (SSSR count). The third-order valence-electron chi connectivity index (χ3n) is 7.42. The fourth-order valence-corrected chi connectivity index (χ4v) is 5.53. The highest BCUT2D eigenvalue weighted by Crippen LogP contribution is 2.49. The Morgan fingerprint density at radius 2 is 1.26 bits per heavy atom. The van der Waals surface area contributed by atoms with Crippen LogP contribution in [0.4, 0.5) is 0 Å². The highest BCUT2D eigenvalue weighted by molar-refractivity contribution is 5.87. The summed E-state index contributed by atoms with van der Waals surface area (Å²) in [5.41, 5.74) is 11.3. The molecule has 0 N–H and O–H groups in total. The number of pyridine rings is 1. The van der Waals surface area contributed by atoms with Gasteiger partial charge in [0.15, 0.2) is 0 Å². The fourth-order valence-electron chi connectivity index (χ4n) is 5.53. The van der Waals surface area contributed by atoms with Gasteiger partial charge in [0.1, 0.15) is 0 Å². The van der Waals surface area contributed by atoms with E-state index >= 15 is 0 Å². The van der Waals surface area contributed by atoms with Gasteiger partial charge in [-0.2, -0.15) is 5.10 Å². The Balaban J connectivity index is 1.26. The Hall–Kier alpha value is -4.17. The maximum atomic E-state index is 4.84. The molecule has 162 valence electrons. The van der Waals surface area contributed by atoms with Gasteiger partial charge >= 0.3 is 0 Å². The number of fused-ring (bicyclic) bond motifs is 5. The summed E-state index contributed by atoms with van der Waals surface area (Å²) in [5.74, 6) is 0. The molecular weight excluding hydrogens is 412 g/mol. The van der Waals surface area contributed by atoms with Crippen LogP contribution in [0, 0.1) is 0 Å². The Morgan fingerprint density at radius 1 is 0.588 bits per heavy atom. The van der Waals surface area contributed by atoms with E-state index in [1.807, 2.05) is 4.52 Å². The molecule has 6 aromatic rings. The summed E-state index contributed by atoms with van der Waals surface area (Å²) in [4.78, 5) is 0. The van der Waals surface area contributed by atoms with Gasteiger partial charge < -0.3 is 0 Å². The van der Waals surface area contributed by atoms with E-state index in [4.69, 9.17) is 5.10 Å². The van der Waals surface area contributed by atoms with Crippen molar-refractivity contribution in [1.82, 2.24) is 9.61 Å². The normalized spacial score (nSPS) is 13.8. The van der Waals surface area contributed by atoms with Crippen molar-refractivity contribution in [3.05, 3.63) is 120 Å². The molecule has 0 spiro atoms. The maximum Gasteiger partial charge on any atom is 0.0933 e. The molecule has 2 heterocycles. The highest BCUT2D eigenvalue weighted by Gasteiger charge is 2.35. The van der Waals surface area contributed by atoms with Crippen LogP contribution in [0.3, 0.4) is 0 Å². The third-order valence-corrected chi connectivity index (χ3v) is 7.42. The lowest BCUT2D eigenvalue weighted by Gasteiger charge is -2.22. The summed E-state index contributed by atoms with van der Waals surface area (Å²) in [6.45, 7) is 4.66. The summed E-state index contributed by atoms with van der Waals surface area (Å²) in [5, 5.41) is 7.27. The van der Waals surface area contributed by atoms with Crippen LogP contribution in [-0.2, 0) is 5.41 Å². The minimum atomic E-state index is 0.0158. The van der Waals surface area contributed by atoms with Crippen molar-refractivity contribution >= 4 is 16.3 Å². The monoisotopic (exact) mass is 436 g/mol. The van der Waals surface area contributed by atoms with Crippen molar-refractivity contribution in [2.24, 2.45) is 0 Å². The standard InChI is InChI=1S/C32H24N2/c1-32(2)29-10-6-5-9-27(29)28-16-15-24(18-30(28)32)21-11-13-22(14-12-21)31-19-26-17-23-7-3-4-8-25(23)20-34(26)33-31/h3-20H,1-2H3. The molecule has 0 saturated carbocycles. The number of hydrogen-bond acceptors (Lipinski definition) is 1. The minimum absolute atomic E-state index is 0.0158. The quantitative estimate of drug-likeness (QED) is 0.268. The highest BCUT2D eigenvalue weighted by atomic mass is 15.2. The van der Waals surface area contributed by atoms with Crippen LogP contribution >= 0.6 is 0 Å². The topological polar surface area (TPSA) is 17.3 Å². The molecular formula is C32H24N2. The van der Waals surface area contributed by atoms with Gasteiger partial charge in [0.05, 0.1) is 11.2 Å². The first-order valence-electron chi connectivity index (χ1n) is 11.8. The summed E-state index contributed by atoms with van der Waals surface area (Å²) in [7, 11) is 0. The average molecular weight is 437 g/mol. The van der Waals surface area contributed by atoms with Gasteiger partial charge in [-0.3, -0.25) is 0 Å². The molecule has 4 aromatic carbocycles. The first kappa shape index (κ1) is 19.3. The molecule has 34 heavy (non-hydrogen) atoms. The zero-order valence-corrected chi connectivity index (χ0v) is 19.3. The van der Waals surface area contributed by atoms with E-state index in [1.54, 1.807) is 0 Å². The van der Waals surface area contributed by atoms with E-state index in [0.29, 0.717) is 0 Å². The van der Waals surface area contributed by atoms with Gasteiger partial charge in [-0.15, -0.1) is 0 Å². The zero-order chi connectivity index (χ0) is 22.9. The van der Waals surface area contributed by atoms with Crippen LogP contribution in [0.2, 0.25) is 0 Å². The molecule has 0 aliphatic heterocycles. The number of nitrogens with zero attached hydrogens (tertiary/aromatic N) is 2. The summed E-state index contributed by atoms with van der Waals surface area (Å²) in [6, 6.07) is 37.3. The van der Waals surface area contributed by atoms with Crippen LogP contribution in [-0.4, -0.2) is 9.61 Å². The zero-order valence-electron chi connectivity index (χ0n) is 19.3. The van der Waals surface area contributed by atoms with Crippen molar-refractivity contribution in [2.45, 2.75) is 19.3 Å². The van der Waals surface area contributed by atoms with E-state index in [1.165, 1.54) is 44.2 Å². The van der Waals surface area contributed by atoms with Gasteiger partial charge in [-0.05, 0) is 57.0 Å². The van der Waals surface area contributed by atoms with Crippen LogP contribution in [0.5, 0.6) is 0 Å². The predicted octanol–water partition coefficient (Wildman–Crippen LogP) is 8.13. The predicted molar refractivity (Wildman–Crippen MR) is 141 cm³/mol. The molecule has 0 atom stereocenters. The lowest BCUT2D eigenvalue weighted by Crippen LogP contribution is -2.14.